The Bertz CT molecular complexity index is 654. The van der Waals surface area contributed by atoms with E-state index in [-0.39, 0.29) is 11.1 Å². The minimum Gasteiger partial charge on any atom is -0.363 e. The second-order valence-electron chi connectivity index (χ2n) is 6.21. The van der Waals surface area contributed by atoms with Crippen LogP contribution in [0.4, 0.5) is 18.9 Å². The first-order chi connectivity index (χ1) is 11.5. The highest BCUT2D eigenvalue weighted by atomic mass is 35.5. The van der Waals surface area contributed by atoms with Crippen molar-refractivity contribution >= 4 is 17.3 Å². The van der Waals surface area contributed by atoms with Gasteiger partial charge in [0.1, 0.15) is 5.82 Å². The van der Waals surface area contributed by atoms with Crippen molar-refractivity contribution < 1.29 is 13.2 Å². The summed E-state index contributed by atoms with van der Waals surface area (Å²) in [5, 5.41) is 0.0284. The molecule has 0 amide bonds. The molecule has 2 aliphatic rings. The van der Waals surface area contributed by atoms with Crippen LogP contribution >= 0.6 is 11.6 Å². The molecule has 3 rings (SSSR count). The molecule has 1 unspecified atom stereocenters. The molecule has 0 saturated carbocycles. The van der Waals surface area contributed by atoms with Gasteiger partial charge in [-0.25, -0.2) is 13.2 Å². The van der Waals surface area contributed by atoms with E-state index >= 15 is 0 Å². The van der Waals surface area contributed by atoms with Crippen molar-refractivity contribution in [1.29, 1.82) is 0 Å². The molecule has 130 valence electrons. The fourth-order valence-corrected chi connectivity index (χ4v) is 3.44. The molecule has 1 saturated heterocycles. The van der Waals surface area contributed by atoms with Crippen LogP contribution in [0.15, 0.2) is 42.0 Å². The zero-order valence-electron chi connectivity index (χ0n) is 13.3. The largest absolute Gasteiger partial charge is 0.363 e. The minimum atomic E-state index is -0.842. The summed E-state index contributed by atoms with van der Waals surface area (Å²) in [7, 11) is 0. The zero-order valence-corrected chi connectivity index (χ0v) is 14.1. The third-order valence-corrected chi connectivity index (χ3v) is 4.89. The Kier molecular flexibility index (Phi) is 5.51. The van der Waals surface area contributed by atoms with Gasteiger partial charge in [0.2, 0.25) is 0 Å². The molecule has 1 heterocycles. The van der Waals surface area contributed by atoms with Gasteiger partial charge in [0.15, 0.2) is 11.7 Å². The number of allylic oxidation sites excluding steroid dienone is 2. The first-order valence-electron chi connectivity index (χ1n) is 8.22. The molecule has 0 bridgehead atoms. The normalized spacial score (nSPS) is 21.6. The Hall–Kier alpha value is -1.46. The van der Waals surface area contributed by atoms with Gasteiger partial charge in [-0.05, 0) is 62.7 Å². The van der Waals surface area contributed by atoms with Crippen LogP contribution in [-0.4, -0.2) is 37.1 Å². The lowest BCUT2D eigenvalue weighted by Gasteiger charge is -2.34. The maximum atomic E-state index is 13.7. The number of nitrogens with zero attached hydrogens (tertiary/aromatic N) is 2. The highest BCUT2D eigenvalue weighted by molar-refractivity contribution is 6.31. The van der Waals surface area contributed by atoms with Crippen molar-refractivity contribution in [1.82, 2.24) is 4.90 Å². The monoisotopic (exact) mass is 356 g/mol. The molecule has 1 fully saturated rings. The third kappa shape index (κ3) is 3.95. The van der Waals surface area contributed by atoms with Crippen molar-refractivity contribution in [3.8, 4) is 0 Å². The first kappa shape index (κ1) is 17.4. The summed E-state index contributed by atoms with van der Waals surface area (Å²) in [5.74, 6) is -2.15. The molecule has 1 aromatic rings. The molecular formula is C18H20ClF3N2. The zero-order chi connectivity index (χ0) is 17.1. The Morgan fingerprint density at radius 1 is 1.12 bits per heavy atom. The maximum Gasteiger partial charge on any atom is 0.156 e. The van der Waals surface area contributed by atoms with Gasteiger partial charge in [0.25, 0.3) is 0 Å². The van der Waals surface area contributed by atoms with E-state index < -0.39 is 17.5 Å². The van der Waals surface area contributed by atoms with Crippen LogP contribution in [0, 0.1) is 5.82 Å². The van der Waals surface area contributed by atoms with Crippen LogP contribution in [0.1, 0.15) is 19.3 Å². The maximum absolute atomic E-state index is 13.7. The number of hydrogen-bond donors (Lipinski definition) is 0. The summed E-state index contributed by atoms with van der Waals surface area (Å²) in [6.07, 6.45) is 5.29. The Morgan fingerprint density at radius 3 is 2.54 bits per heavy atom. The molecule has 0 N–H and O–H groups in total. The van der Waals surface area contributed by atoms with Gasteiger partial charge < -0.3 is 9.80 Å². The molecule has 0 spiro atoms. The van der Waals surface area contributed by atoms with E-state index in [1.165, 1.54) is 31.1 Å². The lowest BCUT2D eigenvalue weighted by molar-refractivity contribution is 0.341. The number of rotatable bonds is 5. The lowest BCUT2D eigenvalue weighted by atomic mass is 10.0. The van der Waals surface area contributed by atoms with Crippen molar-refractivity contribution in [2.24, 2.45) is 0 Å². The lowest BCUT2D eigenvalue weighted by Crippen LogP contribution is -2.40. The average molecular weight is 357 g/mol. The third-order valence-electron chi connectivity index (χ3n) is 4.60. The molecule has 0 radical (unpaired) electrons. The number of halogens is 4. The average Bonchev–Trinajstić information content (AvgIpc) is 3.07. The van der Waals surface area contributed by atoms with Crippen LogP contribution < -0.4 is 4.90 Å². The Morgan fingerprint density at radius 2 is 1.88 bits per heavy atom. The van der Waals surface area contributed by atoms with Gasteiger partial charge >= 0.3 is 0 Å². The van der Waals surface area contributed by atoms with E-state index in [9.17, 15) is 13.2 Å². The van der Waals surface area contributed by atoms with Gasteiger partial charge in [-0.15, -0.1) is 0 Å². The topological polar surface area (TPSA) is 6.48 Å². The van der Waals surface area contributed by atoms with Crippen LogP contribution in [-0.2, 0) is 0 Å². The molecular weight excluding hydrogens is 337 g/mol. The Balaban J connectivity index is 1.81. The predicted molar refractivity (Wildman–Crippen MR) is 91.2 cm³/mol. The van der Waals surface area contributed by atoms with Crippen LogP contribution in [0.2, 0.25) is 5.02 Å². The molecule has 1 aromatic carbocycles. The van der Waals surface area contributed by atoms with Crippen LogP contribution in [0.25, 0.3) is 0 Å². The quantitative estimate of drug-likeness (QED) is 0.743. The van der Waals surface area contributed by atoms with Crippen molar-refractivity contribution in [3.63, 3.8) is 0 Å². The van der Waals surface area contributed by atoms with E-state index in [0.717, 1.165) is 19.6 Å². The molecule has 6 heteroatoms. The smallest absolute Gasteiger partial charge is 0.156 e. The predicted octanol–water partition coefficient (Wildman–Crippen LogP) is 4.86. The fraction of sp³-hybridized carbons (Fsp3) is 0.444. The summed E-state index contributed by atoms with van der Waals surface area (Å²) in [5.41, 5.74) is 0.713. The van der Waals surface area contributed by atoms with Crippen LogP contribution in [0.5, 0.6) is 0 Å². The minimum absolute atomic E-state index is 0.0284. The van der Waals surface area contributed by atoms with E-state index in [1.807, 2.05) is 4.90 Å². The number of likely N-dealkylation sites (tertiary alicyclic amines) is 1. The second kappa shape index (κ2) is 7.62. The van der Waals surface area contributed by atoms with Gasteiger partial charge in [0, 0.05) is 18.8 Å². The second-order valence-corrected chi connectivity index (χ2v) is 6.62. The Labute approximate surface area is 145 Å². The number of benzene rings is 1. The van der Waals surface area contributed by atoms with Gasteiger partial charge in [-0.2, -0.15) is 0 Å². The van der Waals surface area contributed by atoms with E-state index in [2.05, 4.69) is 4.90 Å². The molecule has 1 aliphatic carbocycles. The molecule has 1 atom stereocenters. The van der Waals surface area contributed by atoms with Gasteiger partial charge in [0.05, 0.1) is 11.1 Å². The molecule has 24 heavy (non-hydrogen) atoms. The molecule has 1 aliphatic heterocycles. The van der Waals surface area contributed by atoms with E-state index in [1.54, 1.807) is 12.1 Å². The van der Waals surface area contributed by atoms with Crippen LogP contribution in [0.3, 0.4) is 0 Å². The fourth-order valence-electron chi connectivity index (χ4n) is 3.26. The van der Waals surface area contributed by atoms with E-state index in [0.29, 0.717) is 18.7 Å². The van der Waals surface area contributed by atoms with Gasteiger partial charge in [-0.3, -0.25) is 0 Å². The van der Waals surface area contributed by atoms with E-state index in [4.69, 9.17) is 11.6 Å². The standard InChI is InChI=1S/C18H20ClF3N2/c19-15-11-13(3-5-16(15)20)24(10-9-23-7-1-2-8-23)14-4-6-17(21)18(22)12-14/h3,5-6,11-12,14H,1-2,4,7-10H2. The summed E-state index contributed by atoms with van der Waals surface area (Å²) < 4.78 is 40.4. The van der Waals surface area contributed by atoms with Gasteiger partial charge in [-0.1, -0.05) is 11.6 Å². The van der Waals surface area contributed by atoms with Crippen molar-refractivity contribution in [2.75, 3.05) is 31.1 Å². The molecule has 0 aromatic heterocycles. The SMILES string of the molecule is FC1=CCC(N(CCN2CCCC2)c2ccc(F)c(Cl)c2)C=C1F. The highest BCUT2D eigenvalue weighted by Gasteiger charge is 2.24. The number of anilines is 1. The summed E-state index contributed by atoms with van der Waals surface area (Å²) in [6.45, 7) is 3.59. The summed E-state index contributed by atoms with van der Waals surface area (Å²) in [4.78, 5) is 4.31. The summed E-state index contributed by atoms with van der Waals surface area (Å²) >= 11 is 5.90. The highest BCUT2D eigenvalue weighted by Crippen LogP contribution is 2.30. The summed E-state index contributed by atoms with van der Waals surface area (Å²) in [6, 6.07) is 4.17. The van der Waals surface area contributed by atoms with Crippen molar-refractivity contribution in [2.45, 2.75) is 25.3 Å². The van der Waals surface area contributed by atoms with Crippen molar-refractivity contribution in [3.05, 3.63) is 52.8 Å². The number of hydrogen-bond acceptors (Lipinski definition) is 2. The molecule has 2 nitrogen and oxygen atoms in total. The first-order valence-corrected chi connectivity index (χ1v) is 8.60.